The summed E-state index contributed by atoms with van der Waals surface area (Å²) in [7, 11) is 1.23. The third-order valence-electron chi connectivity index (χ3n) is 3.09. The maximum absolute atomic E-state index is 12.0. The zero-order valence-electron chi connectivity index (χ0n) is 12.3. The van der Waals surface area contributed by atoms with Crippen LogP contribution in [0.25, 0.3) is 11.0 Å². The van der Waals surface area contributed by atoms with E-state index in [0.717, 1.165) is 5.52 Å². The summed E-state index contributed by atoms with van der Waals surface area (Å²) in [5, 5.41) is 0. The molecule has 0 spiro atoms. The lowest BCUT2D eigenvalue weighted by Crippen LogP contribution is -2.34. The number of nitrogens with one attached hydrogen (secondary N) is 1. The minimum Gasteiger partial charge on any atom is -0.437 e. The van der Waals surface area contributed by atoms with E-state index in [0.29, 0.717) is 24.2 Å². The first-order chi connectivity index (χ1) is 9.80. The number of carbonyl (C=O) groups is 1. The molecule has 0 atom stereocenters. The summed E-state index contributed by atoms with van der Waals surface area (Å²) >= 11 is 0. The molecule has 21 heavy (non-hydrogen) atoms. The lowest BCUT2D eigenvalue weighted by atomic mass is 10.0. The highest BCUT2D eigenvalue weighted by atomic mass is 16.7. The van der Waals surface area contributed by atoms with Crippen molar-refractivity contribution in [1.29, 1.82) is 0 Å². The maximum Gasteiger partial charge on any atom is 0.513 e. The number of aromatic nitrogens is 2. The third kappa shape index (κ3) is 3.63. The number of aromatic amines is 1. The molecule has 114 valence electrons. The van der Waals surface area contributed by atoms with E-state index in [-0.39, 0.29) is 11.2 Å². The molecule has 0 aliphatic carbocycles. The van der Waals surface area contributed by atoms with Crippen molar-refractivity contribution >= 4 is 17.2 Å². The average Bonchev–Trinajstić information content (AvgIpc) is 2.70. The summed E-state index contributed by atoms with van der Waals surface area (Å²) in [4.78, 5) is 25.8. The van der Waals surface area contributed by atoms with Gasteiger partial charge in [0.1, 0.15) is 5.75 Å². The molecule has 0 aliphatic heterocycles. The number of nitrogens with zero attached hydrogens (tertiary/aromatic N) is 1. The Hall–Kier alpha value is -2.28. The van der Waals surface area contributed by atoms with Crippen molar-refractivity contribution in [2.24, 2.45) is 5.73 Å². The second kappa shape index (κ2) is 5.61. The highest BCUT2D eigenvalue weighted by Crippen LogP contribution is 2.19. The van der Waals surface area contributed by atoms with Gasteiger partial charge in [0.05, 0.1) is 18.1 Å². The number of aryl methyl sites for hydroxylation is 1. The number of hydrogen-bond donors (Lipinski definition) is 2. The van der Waals surface area contributed by atoms with E-state index in [1.54, 1.807) is 22.8 Å². The van der Waals surface area contributed by atoms with Crippen LogP contribution in [0.5, 0.6) is 5.75 Å². The SMILES string of the molecule is COC(=O)Oc1ccc2c(c1)[nH]c(=O)n2CCC(C)(C)N. The first kappa shape index (κ1) is 15.1. The van der Waals surface area contributed by atoms with Crippen LogP contribution in [0.2, 0.25) is 0 Å². The molecule has 0 saturated carbocycles. The Balaban J connectivity index is 2.30. The zero-order chi connectivity index (χ0) is 15.6. The van der Waals surface area contributed by atoms with E-state index >= 15 is 0 Å². The van der Waals surface area contributed by atoms with Gasteiger partial charge in [-0.25, -0.2) is 9.59 Å². The molecular weight excluding hydrogens is 274 g/mol. The number of fused-ring (bicyclic) bond motifs is 1. The summed E-state index contributed by atoms with van der Waals surface area (Å²) in [6, 6.07) is 4.91. The minimum absolute atomic E-state index is 0.218. The van der Waals surface area contributed by atoms with Gasteiger partial charge in [-0.3, -0.25) is 4.57 Å². The largest absolute Gasteiger partial charge is 0.513 e. The molecule has 0 radical (unpaired) electrons. The normalized spacial score (nSPS) is 11.6. The zero-order valence-corrected chi connectivity index (χ0v) is 12.3. The Labute approximate surface area is 121 Å². The highest BCUT2D eigenvalue weighted by molar-refractivity contribution is 5.78. The molecule has 0 unspecified atom stereocenters. The summed E-state index contributed by atoms with van der Waals surface area (Å²) in [5.41, 5.74) is 6.71. The van der Waals surface area contributed by atoms with Crippen LogP contribution < -0.4 is 16.2 Å². The Morgan fingerprint density at radius 2 is 2.14 bits per heavy atom. The fourth-order valence-corrected chi connectivity index (χ4v) is 1.97. The topological polar surface area (TPSA) is 99.3 Å². The third-order valence-corrected chi connectivity index (χ3v) is 3.09. The van der Waals surface area contributed by atoms with E-state index in [2.05, 4.69) is 9.72 Å². The molecular formula is C14H19N3O4. The molecule has 0 aliphatic rings. The van der Waals surface area contributed by atoms with Gasteiger partial charge in [-0.05, 0) is 32.4 Å². The summed E-state index contributed by atoms with van der Waals surface area (Å²) in [6.45, 7) is 4.34. The number of methoxy groups -OCH3 is 1. The van der Waals surface area contributed by atoms with Crippen molar-refractivity contribution in [3.63, 3.8) is 0 Å². The van der Waals surface area contributed by atoms with Gasteiger partial charge in [0.2, 0.25) is 0 Å². The molecule has 0 amide bonds. The average molecular weight is 293 g/mol. The van der Waals surface area contributed by atoms with E-state index in [9.17, 15) is 9.59 Å². The van der Waals surface area contributed by atoms with E-state index in [4.69, 9.17) is 10.5 Å². The molecule has 0 bridgehead atoms. The quantitative estimate of drug-likeness (QED) is 0.659. The number of imidazole rings is 1. The van der Waals surface area contributed by atoms with Crippen LogP contribution in [-0.4, -0.2) is 28.4 Å². The van der Waals surface area contributed by atoms with E-state index in [1.165, 1.54) is 7.11 Å². The summed E-state index contributed by atoms with van der Waals surface area (Å²) < 4.78 is 11.0. The summed E-state index contributed by atoms with van der Waals surface area (Å²) in [6.07, 6.45) is -0.138. The van der Waals surface area contributed by atoms with Crippen LogP contribution in [0, 0.1) is 0 Å². The molecule has 3 N–H and O–H groups in total. The molecule has 1 aromatic heterocycles. The number of rotatable bonds is 4. The second-order valence-corrected chi connectivity index (χ2v) is 5.56. The van der Waals surface area contributed by atoms with Gasteiger partial charge in [-0.2, -0.15) is 0 Å². The molecule has 7 nitrogen and oxygen atoms in total. The van der Waals surface area contributed by atoms with Crippen molar-refractivity contribution < 1.29 is 14.3 Å². The van der Waals surface area contributed by atoms with Crippen LogP contribution in [0.15, 0.2) is 23.0 Å². The molecule has 1 aromatic carbocycles. The monoisotopic (exact) mass is 293 g/mol. The number of H-pyrrole nitrogens is 1. The number of carbonyl (C=O) groups excluding carboxylic acids is 1. The van der Waals surface area contributed by atoms with Crippen LogP contribution in [0.3, 0.4) is 0 Å². The fourth-order valence-electron chi connectivity index (χ4n) is 1.97. The number of ether oxygens (including phenoxy) is 2. The molecule has 0 fully saturated rings. The number of hydrogen-bond acceptors (Lipinski definition) is 5. The maximum atomic E-state index is 12.0. The van der Waals surface area contributed by atoms with Crippen molar-refractivity contribution in [3.05, 3.63) is 28.7 Å². The van der Waals surface area contributed by atoms with E-state index < -0.39 is 6.16 Å². The predicted octanol–water partition coefficient (Wildman–Crippen LogP) is 1.60. The summed E-state index contributed by atoms with van der Waals surface area (Å²) in [5.74, 6) is 0.307. The van der Waals surface area contributed by atoms with Crippen molar-refractivity contribution in [2.45, 2.75) is 32.4 Å². The first-order valence-corrected chi connectivity index (χ1v) is 6.57. The van der Waals surface area contributed by atoms with Crippen molar-refractivity contribution in [2.75, 3.05) is 7.11 Å². The molecule has 1 heterocycles. The molecule has 2 aromatic rings. The number of benzene rings is 1. The Kier molecular flexibility index (Phi) is 4.04. The van der Waals surface area contributed by atoms with Gasteiger partial charge >= 0.3 is 11.8 Å². The molecule has 7 heteroatoms. The van der Waals surface area contributed by atoms with Gasteiger partial charge in [0.25, 0.3) is 0 Å². The van der Waals surface area contributed by atoms with Crippen molar-refractivity contribution in [3.8, 4) is 5.75 Å². The Bertz CT molecular complexity index is 709. The lowest BCUT2D eigenvalue weighted by molar-refractivity contribution is 0.121. The lowest BCUT2D eigenvalue weighted by Gasteiger charge is -2.18. The second-order valence-electron chi connectivity index (χ2n) is 5.56. The van der Waals surface area contributed by atoms with Gasteiger partial charge in [-0.1, -0.05) is 0 Å². The van der Waals surface area contributed by atoms with Crippen molar-refractivity contribution in [1.82, 2.24) is 9.55 Å². The first-order valence-electron chi connectivity index (χ1n) is 6.57. The van der Waals surface area contributed by atoms with Crippen LogP contribution in [-0.2, 0) is 11.3 Å². The molecule has 0 saturated heterocycles. The van der Waals surface area contributed by atoms with E-state index in [1.807, 2.05) is 13.8 Å². The van der Waals surface area contributed by atoms with Gasteiger partial charge < -0.3 is 20.2 Å². The van der Waals surface area contributed by atoms with Crippen LogP contribution >= 0.6 is 0 Å². The van der Waals surface area contributed by atoms with Gasteiger partial charge in [0.15, 0.2) is 0 Å². The minimum atomic E-state index is -0.805. The van der Waals surface area contributed by atoms with Crippen LogP contribution in [0.1, 0.15) is 20.3 Å². The smallest absolute Gasteiger partial charge is 0.437 e. The fraction of sp³-hybridized carbons (Fsp3) is 0.429. The van der Waals surface area contributed by atoms with Gasteiger partial charge in [0, 0.05) is 18.2 Å². The predicted molar refractivity (Wildman–Crippen MR) is 78.5 cm³/mol. The highest BCUT2D eigenvalue weighted by Gasteiger charge is 2.14. The molecule has 2 rings (SSSR count). The Morgan fingerprint density at radius 1 is 1.43 bits per heavy atom. The van der Waals surface area contributed by atoms with Crippen LogP contribution in [0.4, 0.5) is 4.79 Å². The Morgan fingerprint density at radius 3 is 2.76 bits per heavy atom. The number of nitrogens with two attached hydrogens (primary N) is 1. The van der Waals surface area contributed by atoms with Gasteiger partial charge in [-0.15, -0.1) is 0 Å². The standard InChI is InChI=1S/C14H19N3O4/c1-14(2,15)6-7-17-11-5-4-9(21-13(19)20-3)8-10(11)16-12(17)18/h4-5,8H,6-7,15H2,1-3H3,(H,16,18).